The summed E-state index contributed by atoms with van der Waals surface area (Å²) in [6, 6.07) is 13.6. The number of hydrogen-bond donors (Lipinski definition) is 3. The highest BCUT2D eigenvalue weighted by atomic mass is 16.2. The molecule has 126 valence electrons. The predicted molar refractivity (Wildman–Crippen MR) is 99.9 cm³/mol. The molecular formula is C19H24N4O. The highest BCUT2D eigenvalue weighted by Gasteiger charge is 2.20. The van der Waals surface area contributed by atoms with E-state index in [4.69, 9.17) is 5.73 Å². The molecule has 0 radical (unpaired) electrons. The Morgan fingerprint density at radius 3 is 2.83 bits per heavy atom. The highest BCUT2D eigenvalue weighted by Crippen LogP contribution is 2.34. The van der Waals surface area contributed by atoms with E-state index in [0.717, 1.165) is 48.6 Å². The molecule has 24 heavy (non-hydrogen) atoms. The third-order valence-electron chi connectivity index (χ3n) is 4.23. The third kappa shape index (κ3) is 3.68. The Balaban J connectivity index is 1.79. The van der Waals surface area contributed by atoms with Crippen molar-refractivity contribution in [2.24, 2.45) is 5.73 Å². The molecule has 0 bridgehead atoms. The van der Waals surface area contributed by atoms with Crippen molar-refractivity contribution in [3.05, 3.63) is 53.6 Å². The van der Waals surface area contributed by atoms with Gasteiger partial charge in [-0.1, -0.05) is 24.3 Å². The number of urea groups is 1. The van der Waals surface area contributed by atoms with Crippen LogP contribution >= 0.6 is 0 Å². The lowest BCUT2D eigenvalue weighted by Gasteiger charge is -2.33. The molecule has 2 aromatic rings. The standard InChI is InChI=1S/C19H24N4O/c1-14-5-2-8-16(13-14)21-19(24)22-17-9-3-6-15-7-4-11-23(12-10-20)18(15)17/h2-3,5-6,8-9,13H,4,7,10-12,20H2,1H3,(H2,21,22,24). The summed E-state index contributed by atoms with van der Waals surface area (Å²) < 4.78 is 0. The topological polar surface area (TPSA) is 70.4 Å². The number of rotatable bonds is 4. The van der Waals surface area contributed by atoms with E-state index in [1.54, 1.807) is 0 Å². The maximum absolute atomic E-state index is 12.4. The van der Waals surface area contributed by atoms with Crippen LogP contribution in [0.1, 0.15) is 17.5 Å². The number of aryl methyl sites for hydroxylation is 2. The largest absolute Gasteiger partial charge is 0.368 e. The van der Waals surface area contributed by atoms with Crippen LogP contribution in [0, 0.1) is 6.92 Å². The number of carbonyl (C=O) groups excluding carboxylic acids is 1. The number of benzene rings is 2. The van der Waals surface area contributed by atoms with Gasteiger partial charge in [-0.15, -0.1) is 0 Å². The summed E-state index contributed by atoms with van der Waals surface area (Å²) in [6.07, 6.45) is 2.15. The minimum Gasteiger partial charge on any atom is -0.368 e. The molecule has 0 saturated carbocycles. The summed E-state index contributed by atoms with van der Waals surface area (Å²) in [7, 11) is 0. The van der Waals surface area contributed by atoms with Crippen molar-refractivity contribution in [1.82, 2.24) is 0 Å². The summed E-state index contributed by atoms with van der Waals surface area (Å²) in [5.74, 6) is 0. The zero-order valence-corrected chi connectivity index (χ0v) is 14.0. The van der Waals surface area contributed by atoms with Gasteiger partial charge in [0.15, 0.2) is 0 Å². The SMILES string of the molecule is Cc1cccc(NC(=O)Nc2cccc3c2N(CCN)CCC3)c1. The Morgan fingerprint density at radius 1 is 1.21 bits per heavy atom. The van der Waals surface area contributed by atoms with Crippen LogP contribution < -0.4 is 21.3 Å². The highest BCUT2D eigenvalue weighted by molar-refractivity contribution is 6.02. The van der Waals surface area contributed by atoms with Gasteiger partial charge in [-0.2, -0.15) is 0 Å². The van der Waals surface area contributed by atoms with Gasteiger partial charge in [0.25, 0.3) is 0 Å². The fourth-order valence-electron chi connectivity index (χ4n) is 3.23. The van der Waals surface area contributed by atoms with E-state index in [9.17, 15) is 4.79 Å². The van der Waals surface area contributed by atoms with E-state index in [1.807, 2.05) is 43.3 Å². The maximum Gasteiger partial charge on any atom is 0.323 e. The lowest BCUT2D eigenvalue weighted by Crippen LogP contribution is -2.35. The van der Waals surface area contributed by atoms with E-state index in [1.165, 1.54) is 5.56 Å². The van der Waals surface area contributed by atoms with Crippen LogP contribution in [0.5, 0.6) is 0 Å². The van der Waals surface area contributed by atoms with Gasteiger partial charge in [-0.05, 0) is 49.1 Å². The normalized spacial score (nSPS) is 13.3. The number of fused-ring (bicyclic) bond motifs is 1. The molecule has 5 nitrogen and oxygen atoms in total. The molecular weight excluding hydrogens is 300 g/mol. The predicted octanol–water partition coefficient (Wildman–Crippen LogP) is 3.35. The molecule has 0 fully saturated rings. The molecule has 0 atom stereocenters. The fourth-order valence-corrected chi connectivity index (χ4v) is 3.23. The molecule has 0 aromatic heterocycles. The van der Waals surface area contributed by atoms with Gasteiger partial charge in [-0.3, -0.25) is 0 Å². The first kappa shape index (κ1) is 16.3. The first-order valence-corrected chi connectivity index (χ1v) is 8.39. The van der Waals surface area contributed by atoms with E-state index in [0.29, 0.717) is 6.54 Å². The summed E-state index contributed by atoms with van der Waals surface area (Å²) in [4.78, 5) is 14.6. The molecule has 1 heterocycles. The number of anilines is 3. The van der Waals surface area contributed by atoms with Gasteiger partial charge in [0, 0.05) is 25.3 Å². The van der Waals surface area contributed by atoms with Crippen LogP contribution in [0.25, 0.3) is 0 Å². The number of carbonyl (C=O) groups is 1. The fraction of sp³-hybridized carbons (Fsp3) is 0.316. The second kappa shape index (κ2) is 7.36. The van der Waals surface area contributed by atoms with Crippen LogP contribution in [-0.2, 0) is 6.42 Å². The number of hydrogen-bond acceptors (Lipinski definition) is 3. The molecule has 2 aromatic carbocycles. The van der Waals surface area contributed by atoms with E-state index < -0.39 is 0 Å². The molecule has 1 aliphatic heterocycles. The van der Waals surface area contributed by atoms with Crippen LogP contribution in [0.3, 0.4) is 0 Å². The van der Waals surface area contributed by atoms with Crippen LogP contribution in [0.2, 0.25) is 0 Å². The molecule has 1 aliphatic rings. The molecule has 2 amide bonds. The van der Waals surface area contributed by atoms with E-state index >= 15 is 0 Å². The third-order valence-corrected chi connectivity index (χ3v) is 4.23. The van der Waals surface area contributed by atoms with Crippen molar-refractivity contribution >= 4 is 23.1 Å². The number of nitrogens with two attached hydrogens (primary N) is 1. The Hall–Kier alpha value is -2.53. The van der Waals surface area contributed by atoms with Crippen LogP contribution in [0.4, 0.5) is 21.9 Å². The van der Waals surface area contributed by atoms with Crippen molar-refractivity contribution in [1.29, 1.82) is 0 Å². The average molecular weight is 324 g/mol. The minimum absolute atomic E-state index is 0.229. The summed E-state index contributed by atoms with van der Waals surface area (Å²) in [6.45, 7) is 4.37. The summed E-state index contributed by atoms with van der Waals surface area (Å²) in [5.41, 5.74) is 10.9. The first-order valence-electron chi connectivity index (χ1n) is 8.39. The minimum atomic E-state index is -0.229. The van der Waals surface area contributed by atoms with Crippen molar-refractivity contribution < 1.29 is 4.79 Å². The zero-order chi connectivity index (χ0) is 16.9. The van der Waals surface area contributed by atoms with E-state index in [2.05, 4.69) is 21.6 Å². The molecule has 3 rings (SSSR count). The van der Waals surface area contributed by atoms with Gasteiger partial charge in [0.2, 0.25) is 0 Å². The van der Waals surface area contributed by atoms with Gasteiger partial charge < -0.3 is 21.3 Å². The van der Waals surface area contributed by atoms with Crippen molar-refractivity contribution in [3.63, 3.8) is 0 Å². The van der Waals surface area contributed by atoms with Crippen molar-refractivity contribution in [2.75, 3.05) is 35.2 Å². The van der Waals surface area contributed by atoms with Gasteiger partial charge in [0.05, 0.1) is 11.4 Å². The van der Waals surface area contributed by atoms with Crippen molar-refractivity contribution in [3.8, 4) is 0 Å². The molecule has 0 unspecified atom stereocenters. The lowest BCUT2D eigenvalue weighted by atomic mass is 10.0. The average Bonchev–Trinajstić information content (AvgIpc) is 2.55. The molecule has 0 spiro atoms. The molecule has 0 aliphatic carbocycles. The molecule has 0 saturated heterocycles. The lowest BCUT2D eigenvalue weighted by molar-refractivity contribution is 0.262. The monoisotopic (exact) mass is 324 g/mol. The van der Waals surface area contributed by atoms with Crippen molar-refractivity contribution in [2.45, 2.75) is 19.8 Å². The van der Waals surface area contributed by atoms with E-state index in [-0.39, 0.29) is 6.03 Å². The number of amides is 2. The number of para-hydroxylation sites is 1. The second-order valence-corrected chi connectivity index (χ2v) is 6.14. The zero-order valence-electron chi connectivity index (χ0n) is 14.0. The summed E-state index contributed by atoms with van der Waals surface area (Å²) in [5, 5.41) is 5.89. The Labute approximate surface area is 142 Å². The quantitative estimate of drug-likeness (QED) is 0.808. The van der Waals surface area contributed by atoms with Crippen LogP contribution in [-0.4, -0.2) is 25.7 Å². The molecule has 4 N–H and O–H groups in total. The van der Waals surface area contributed by atoms with Gasteiger partial charge in [0.1, 0.15) is 0 Å². The number of nitrogens with zero attached hydrogens (tertiary/aromatic N) is 1. The number of nitrogens with one attached hydrogen (secondary N) is 2. The Morgan fingerprint density at radius 2 is 2.04 bits per heavy atom. The van der Waals surface area contributed by atoms with Gasteiger partial charge >= 0.3 is 6.03 Å². The maximum atomic E-state index is 12.4. The van der Waals surface area contributed by atoms with Crippen LogP contribution in [0.15, 0.2) is 42.5 Å². The van der Waals surface area contributed by atoms with Gasteiger partial charge in [-0.25, -0.2) is 4.79 Å². The second-order valence-electron chi connectivity index (χ2n) is 6.14. The summed E-state index contributed by atoms with van der Waals surface area (Å²) >= 11 is 0. The Kier molecular flexibility index (Phi) is 5.01. The smallest absolute Gasteiger partial charge is 0.323 e. The Bertz CT molecular complexity index is 729. The molecule has 5 heteroatoms. The first-order chi connectivity index (χ1) is 11.7.